The Morgan fingerprint density at radius 2 is 1.78 bits per heavy atom. The number of halogens is 1. The molecule has 2 fully saturated rings. The third-order valence-corrected chi connectivity index (χ3v) is 4.19. The fraction of sp³-hybridized carbons (Fsp3) is 0.438. The average molecular weight is 319 g/mol. The number of carbonyl (C=O) groups is 3. The Morgan fingerprint density at radius 3 is 2.43 bits per heavy atom. The third-order valence-electron chi connectivity index (χ3n) is 4.19. The van der Waals surface area contributed by atoms with Crippen LogP contribution in [0.25, 0.3) is 0 Å². The lowest BCUT2D eigenvalue weighted by Crippen LogP contribution is -2.41. The molecule has 0 aromatic heterocycles. The van der Waals surface area contributed by atoms with Crippen LogP contribution in [0.1, 0.15) is 25.7 Å². The molecule has 1 N–H and O–H groups in total. The number of likely N-dealkylation sites (tertiary alicyclic amines) is 1. The quantitative estimate of drug-likeness (QED) is 0.861. The molecule has 3 rings (SSSR count). The zero-order valence-electron chi connectivity index (χ0n) is 12.6. The number of hydrogen-bond acceptors (Lipinski definition) is 3. The molecule has 2 aliphatic rings. The van der Waals surface area contributed by atoms with Crippen molar-refractivity contribution in [2.24, 2.45) is 0 Å². The van der Waals surface area contributed by atoms with Crippen molar-refractivity contribution in [2.45, 2.75) is 31.7 Å². The van der Waals surface area contributed by atoms with Crippen molar-refractivity contribution < 1.29 is 18.8 Å². The Bertz CT molecular complexity index is 626. The summed E-state index contributed by atoms with van der Waals surface area (Å²) in [6, 6.07) is 3.65. The van der Waals surface area contributed by atoms with Crippen molar-refractivity contribution in [2.75, 3.05) is 18.0 Å². The summed E-state index contributed by atoms with van der Waals surface area (Å²) in [5.74, 6) is -1.05. The van der Waals surface area contributed by atoms with E-state index >= 15 is 0 Å². The van der Waals surface area contributed by atoms with Gasteiger partial charge in [0.1, 0.15) is 11.9 Å². The van der Waals surface area contributed by atoms with Crippen molar-refractivity contribution in [1.82, 2.24) is 10.2 Å². The second-order valence-electron chi connectivity index (χ2n) is 5.80. The lowest BCUT2D eigenvalue weighted by atomic mass is 10.1. The zero-order valence-corrected chi connectivity index (χ0v) is 12.6. The van der Waals surface area contributed by atoms with Crippen LogP contribution in [0.2, 0.25) is 0 Å². The van der Waals surface area contributed by atoms with Gasteiger partial charge >= 0.3 is 6.03 Å². The van der Waals surface area contributed by atoms with Crippen molar-refractivity contribution >= 4 is 23.5 Å². The first-order chi connectivity index (χ1) is 11.1. The Hall–Kier alpha value is -2.44. The fourth-order valence-corrected chi connectivity index (χ4v) is 2.95. The van der Waals surface area contributed by atoms with Crippen LogP contribution in [0.3, 0.4) is 0 Å². The molecule has 0 bridgehead atoms. The van der Waals surface area contributed by atoms with Gasteiger partial charge in [0.2, 0.25) is 5.91 Å². The molecule has 6 nitrogen and oxygen atoms in total. The minimum atomic E-state index is -0.859. The fourth-order valence-electron chi connectivity index (χ4n) is 2.95. The van der Waals surface area contributed by atoms with Gasteiger partial charge in [-0.15, -0.1) is 0 Å². The van der Waals surface area contributed by atoms with Crippen LogP contribution >= 0.6 is 0 Å². The first-order valence-electron chi connectivity index (χ1n) is 7.74. The second kappa shape index (κ2) is 6.36. The molecule has 2 heterocycles. The minimum absolute atomic E-state index is 0.0394. The number of imide groups is 1. The molecule has 122 valence electrons. The van der Waals surface area contributed by atoms with Crippen LogP contribution in [0.5, 0.6) is 0 Å². The number of carbonyl (C=O) groups excluding carboxylic acids is 3. The van der Waals surface area contributed by atoms with E-state index in [0.29, 0.717) is 18.8 Å². The SMILES string of the molecule is O=C(CC1NC(=O)N(c2ccc(F)cc2)C1=O)N1CCCCC1. The Labute approximate surface area is 133 Å². The van der Waals surface area contributed by atoms with Gasteiger partial charge in [-0.05, 0) is 43.5 Å². The van der Waals surface area contributed by atoms with Gasteiger partial charge in [-0.2, -0.15) is 0 Å². The van der Waals surface area contributed by atoms with Gasteiger partial charge in [0.15, 0.2) is 0 Å². The summed E-state index contributed by atoms with van der Waals surface area (Å²) in [6.45, 7) is 1.41. The first kappa shape index (κ1) is 15.5. The van der Waals surface area contributed by atoms with E-state index < -0.39 is 23.8 Å². The molecular formula is C16H18FN3O3. The van der Waals surface area contributed by atoms with Crippen LogP contribution in [-0.4, -0.2) is 41.9 Å². The molecule has 0 saturated carbocycles. The number of nitrogens with one attached hydrogen (secondary N) is 1. The van der Waals surface area contributed by atoms with Crippen molar-refractivity contribution in [3.8, 4) is 0 Å². The maximum Gasteiger partial charge on any atom is 0.329 e. The maximum absolute atomic E-state index is 13.0. The number of urea groups is 1. The first-order valence-corrected chi connectivity index (χ1v) is 7.74. The Kier molecular flexibility index (Phi) is 4.27. The van der Waals surface area contributed by atoms with Gasteiger partial charge in [-0.25, -0.2) is 14.1 Å². The van der Waals surface area contributed by atoms with Crippen LogP contribution in [0.4, 0.5) is 14.9 Å². The predicted octanol–water partition coefficient (Wildman–Crippen LogP) is 1.65. The lowest BCUT2D eigenvalue weighted by Gasteiger charge is -2.27. The molecule has 2 saturated heterocycles. The lowest BCUT2D eigenvalue weighted by molar-refractivity contribution is -0.134. The number of amides is 4. The van der Waals surface area contributed by atoms with Gasteiger partial charge in [0.25, 0.3) is 5.91 Å². The summed E-state index contributed by atoms with van der Waals surface area (Å²) in [5.41, 5.74) is 0.293. The summed E-state index contributed by atoms with van der Waals surface area (Å²) < 4.78 is 13.0. The van der Waals surface area contributed by atoms with E-state index in [1.54, 1.807) is 4.90 Å². The van der Waals surface area contributed by atoms with E-state index in [1.165, 1.54) is 24.3 Å². The molecule has 1 unspecified atom stereocenters. The molecule has 0 spiro atoms. The molecule has 1 atom stereocenters. The molecular weight excluding hydrogens is 301 g/mol. The standard InChI is InChI=1S/C16H18FN3O3/c17-11-4-6-12(7-5-11)20-15(22)13(18-16(20)23)10-14(21)19-8-2-1-3-9-19/h4-7,13H,1-3,8-10H2,(H,18,23). The second-order valence-corrected chi connectivity index (χ2v) is 5.80. The molecule has 1 aromatic rings. The van der Waals surface area contributed by atoms with Crippen molar-refractivity contribution in [3.63, 3.8) is 0 Å². The number of piperidine rings is 1. The Morgan fingerprint density at radius 1 is 1.13 bits per heavy atom. The van der Waals surface area contributed by atoms with Gasteiger partial charge < -0.3 is 10.2 Å². The zero-order chi connectivity index (χ0) is 16.4. The summed E-state index contributed by atoms with van der Waals surface area (Å²) >= 11 is 0. The molecule has 1 aromatic carbocycles. The molecule has 4 amide bonds. The van der Waals surface area contributed by atoms with Gasteiger partial charge in [-0.1, -0.05) is 0 Å². The highest BCUT2D eigenvalue weighted by Crippen LogP contribution is 2.21. The van der Waals surface area contributed by atoms with Gasteiger partial charge in [0.05, 0.1) is 12.1 Å². The summed E-state index contributed by atoms with van der Waals surface area (Å²) in [6.07, 6.45) is 3.01. The average Bonchev–Trinajstić information content (AvgIpc) is 2.83. The normalized spacial score (nSPS) is 21.5. The third kappa shape index (κ3) is 3.18. The molecule has 0 aliphatic carbocycles. The van der Waals surface area contributed by atoms with E-state index in [1.807, 2.05) is 0 Å². The smallest absolute Gasteiger partial charge is 0.329 e. The number of rotatable bonds is 3. The number of anilines is 1. The number of nitrogens with zero attached hydrogens (tertiary/aromatic N) is 2. The highest BCUT2D eigenvalue weighted by Gasteiger charge is 2.40. The predicted molar refractivity (Wildman–Crippen MR) is 81.3 cm³/mol. The van der Waals surface area contributed by atoms with E-state index in [9.17, 15) is 18.8 Å². The molecule has 0 radical (unpaired) electrons. The highest BCUT2D eigenvalue weighted by molar-refractivity contribution is 6.22. The highest BCUT2D eigenvalue weighted by atomic mass is 19.1. The summed E-state index contributed by atoms with van der Waals surface area (Å²) in [7, 11) is 0. The Balaban J connectivity index is 1.68. The largest absolute Gasteiger partial charge is 0.343 e. The van der Waals surface area contributed by atoms with Crippen LogP contribution in [0.15, 0.2) is 24.3 Å². The van der Waals surface area contributed by atoms with Crippen molar-refractivity contribution in [3.05, 3.63) is 30.1 Å². The van der Waals surface area contributed by atoms with E-state index in [-0.39, 0.29) is 12.3 Å². The van der Waals surface area contributed by atoms with Crippen LogP contribution in [0, 0.1) is 5.82 Å². The van der Waals surface area contributed by atoms with Crippen LogP contribution < -0.4 is 10.2 Å². The van der Waals surface area contributed by atoms with Crippen LogP contribution in [-0.2, 0) is 9.59 Å². The van der Waals surface area contributed by atoms with E-state index in [4.69, 9.17) is 0 Å². The summed E-state index contributed by atoms with van der Waals surface area (Å²) in [5, 5.41) is 2.53. The number of benzene rings is 1. The van der Waals surface area contributed by atoms with E-state index in [2.05, 4.69) is 5.32 Å². The van der Waals surface area contributed by atoms with Crippen molar-refractivity contribution in [1.29, 1.82) is 0 Å². The minimum Gasteiger partial charge on any atom is -0.343 e. The molecule has 7 heteroatoms. The molecule has 23 heavy (non-hydrogen) atoms. The summed E-state index contributed by atoms with van der Waals surface area (Å²) in [4.78, 5) is 39.4. The van der Waals surface area contributed by atoms with E-state index in [0.717, 1.165) is 24.2 Å². The number of hydrogen-bond donors (Lipinski definition) is 1. The topological polar surface area (TPSA) is 69.7 Å². The maximum atomic E-state index is 13.0. The monoisotopic (exact) mass is 319 g/mol. The van der Waals surface area contributed by atoms with Gasteiger partial charge in [0, 0.05) is 13.1 Å². The molecule has 2 aliphatic heterocycles. The van der Waals surface area contributed by atoms with Gasteiger partial charge in [-0.3, -0.25) is 9.59 Å².